The lowest BCUT2D eigenvalue weighted by Crippen LogP contribution is -2.58. The summed E-state index contributed by atoms with van der Waals surface area (Å²) in [4.78, 5) is 0. The van der Waals surface area contributed by atoms with Gasteiger partial charge in [-0.3, -0.25) is 0 Å². The predicted octanol–water partition coefficient (Wildman–Crippen LogP) is 1.26. The van der Waals surface area contributed by atoms with E-state index in [1.165, 1.54) is 0 Å². The van der Waals surface area contributed by atoms with Crippen LogP contribution in [0.15, 0.2) is 0 Å². The second-order valence-electron chi connectivity index (χ2n) is 3.81. The van der Waals surface area contributed by atoms with E-state index < -0.39 is 6.17 Å². The van der Waals surface area contributed by atoms with Gasteiger partial charge in [-0.25, -0.2) is 4.39 Å². The largest absolute Gasteiger partial charge is 0.381 e. The van der Waals surface area contributed by atoms with Crippen molar-refractivity contribution < 1.29 is 9.13 Å². The monoisotopic (exact) mass is 173 g/mol. The Hall–Kier alpha value is -0.150. The molecule has 0 radical (unpaired) electrons. The molecular formula is C9H16FNO. The molecule has 1 atom stereocenters. The van der Waals surface area contributed by atoms with E-state index in [2.05, 4.69) is 5.32 Å². The molecule has 2 aliphatic heterocycles. The van der Waals surface area contributed by atoms with Crippen molar-refractivity contribution in [2.75, 3.05) is 19.8 Å². The van der Waals surface area contributed by atoms with Crippen LogP contribution < -0.4 is 5.32 Å². The number of hydrogen-bond donors (Lipinski definition) is 1. The third-order valence-electron chi connectivity index (χ3n) is 3.10. The standard InChI is InChI=1S/C9H16FNO/c10-8-2-1-5-11-9(8)3-6-12-7-4-9/h8,11H,1-7H2. The summed E-state index contributed by atoms with van der Waals surface area (Å²) in [6.07, 6.45) is 2.73. The molecule has 2 rings (SSSR count). The van der Waals surface area contributed by atoms with Crippen molar-refractivity contribution in [2.45, 2.75) is 37.4 Å². The molecule has 12 heavy (non-hydrogen) atoms. The van der Waals surface area contributed by atoms with Gasteiger partial charge in [0.1, 0.15) is 6.17 Å². The molecule has 70 valence electrons. The summed E-state index contributed by atoms with van der Waals surface area (Å²) in [6, 6.07) is 0. The van der Waals surface area contributed by atoms with Crippen molar-refractivity contribution in [1.29, 1.82) is 0 Å². The molecule has 1 unspecified atom stereocenters. The summed E-state index contributed by atoms with van der Waals surface area (Å²) in [6.45, 7) is 2.40. The van der Waals surface area contributed by atoms with Crippen LogP contribution in [0.1, 0.15) is 25.7 Å². The normalized spacial score (nSPS) is 35.2. The van der Waals surface area contributed by atoms with E-state index >= 15 is 0 Å². The Morgan fingerprint density at radius 3 is 2.75 bits per heavy atom. The van der Waals surface area contributed by atoms with Crippen molar-refractivity contribution in [3.63, 3.8) is 0 Å². The van der Waals surface area contributed by atoms with Gasteiger partial charge in [-0.1, -0.05) is 0 Å². The average Bonchev–Trinajstić information content (AvgIpc) is 2.12. The third kappa shape index (κ3) is 1.36. The minimum absolute atomic E-state index is 0.226. The zero-order chi connectivity index (χ0) is 8.44. The minimum Gasteiger partial charge on any atom is -0.381 e. The van der Waals surface area contributed by atoms with Crippen molar-refractivity contribution in [3.05, 3.63) is 0 Å². The van der Waals surface area contributed by atoms with E-state index in [0.717, 1.165) is 32.2 Å². The molecular weight excluding hydrogens is 157 g/mol. The van der Waals surface area contributed by atoms with Crippen LogP contribution >= 0.6 is 0 Å². The SMILES string of the molecule is FC1CCCNC12CCOCC2. The first kappa shape index (κ1) is 8.45. The molecule has 0 bridgehead atoms. The maximum absolute atomic E-state index is 13.6. The van der Waals surface area contributed by atoms with Crippen LogP contribution in [0.2, 0.25) is 0 Å². The quantitative estimate of drug-likeness (QED) is 0.595. The molecule has 2 fully saturated rings. The van der Waals surface area contributed by atoms with Gasteiger partial charge >= 0.3 is 0 Å². The van der Waals surface area contributed by atoms with Crippen LogP contribution in [-0.4, -0.2) is 31.5 Å². The Bertz CT molecular complexity index is 148. The zero-order valence-electron chi connectivity index (χ0n) is 7.31. The molecule has 0 aliphatic carbocycles. The maximum atomic E-state index is 13.6. The number of alkyl halides is 1. The van der Waals surface area contributed by atoms with Crippen molar-refractivity contribution >= 4 is 0 Å². The molecule has 0 saturated carbocycles. The Morgan fingerprint density at radius 1 is 1.33 bits per heavy atom. The topological polar surface area (TPSA) is 21.3 Å². The first-order valence-corrected chi connectivity index (χ1v) is 4.80. The molecule has 2 saturated heterocycles. The van der Waals surface area contributed by atoms with E-state index in [1.807, 2.05) is 0 Å². The lowest BCUT2D eigenvalue weighted by molar-refractivity contribution is -0.0126. The number of halogens is 1. The number of nitrogens with one attached hydrogen (secondary N) is 1. The highest BCUT2D eigenvalue weighted by atomic mass is 19.1. The lowest BCUT2D eigenvalue weighted by Gasteiger charge is -2.43. The van der Waals surface area contributed by atoms with Crippen LogP contribution in [0, 0.1) is 0 Å². The number of piperidine rings is 1. The lowest BCUT2D eigenvalue weighted by atomic mass is 9.81. The molecule has 3 heteroatoms. The Balaban J connectivity index is 2.04. The van der Waals surface area contributed by atoms with Gasteiger partial charge in [-0.05, 0) is 32.2 Å². The highest BCUT2D eigenvalue weighted by molar-refractivity contribution is 4.99. The molecule has 2 heterocycles. The second kappa shape index (κ2) is 3.30. The van der Waals surface area contributed by atoms with Gasteiger partial charge in [0.2, 0.25) is 0 Å². The Morgan fingerprint density at radius 2 is 2.08 bits per heavy atom. The highest BCUT2D eigenvalue weighted by Gasteiger charge is 2.41. The van der Waals surface area contributed by atoms with Crippen LogP contribution in [-0.2, 0) is 4.74 Å². The Kier molecular flexibility index (Phi) is 2.33. The zero-order valence-corrected chi connectivity index (χ0v) is 7.31. The van der Waals surface area contributed by atoms with Gasteiger partial charge in [-0.2, -0.15) is 0 Å². The summed E-state index contributed by atoms with van der Waals surface area (Å²) in [5.74, 6) is 0. The van der Waals surface area contributed by atoms with Crippen LogP contribution in [0.5, 0.6) is 0 Å². The van der Waals surface area contributed by atoms with Gasteiger partial charge in [0.15, 0.2) is 0 Å². The average molecular weight is 173 g/mol. The van der Waals surface area contributed by atoms with E-state index in [1.54, 1.807) is 0 Å². The number of ether oxygens (including phenoxy) is 1. The molecule has 0 aromatic rings. The van der Waals surface area contributed by atoms with Crippen molar-refractivity contribution in [3.8, 4) is 0 Å². The first-order valence-electron chi connectivity index (χ1n) is 4.80. The molecule has 0 amide bonds. The van der Waals surface area contributed by atoms with Crippen molar-refractivity contribution in [2.24, 2.45) is 0 Å². The van der Waals surface area contributed by atoms with Crippen LogP contribution in [0.25, 0.3) is 0 Å². The van der Waals surface area contributed by atoms with E-state index in [9.17, 15) is 4.39 Å². The minimum atomic E-state index is -0.657. The van der Waals surface area contributed by atoms with Crippen molar-refractivity contribution in [1.82, 2.24) is 5.32 Å². The first-order chi connectivity index (χ1) is 5.83. The summed E-state index contributed by atoms with van der Waals surface area (Å²) in [5.41, 5.74) is -0.226. The summed E-state index contributed by atoms with van der Waals surface area (Å²) in [5, 5.41) is 3.33. The van der Waals surface area contributed by atoms with E-state index in [4.69, 9.17) is 4.74 Å². The number of rotatable bonds is 0. The Labute approximate surface area is 72.5 Å². The predicted molar refractivity (Wildman–Crippen MR) is 44.9 cm³/mol. The highest BCUT2D eigenvalue weighted by Crippen LogP contribution is 2.31. The molecule has 0 aromatic carbocycles. The van der Waals surface area contributed by atoms with Gasteiger partial charge in [-0.15, -0.1) is 0 Å². The molecule has 2 aliphatic rings. The fourth-order valence-electron chi connectivity index (χ4n) is 2.23. The summed E-state index contributed by atoms with van der Waals surface area (Å²) < 4.78 is 18.8. The second-order valence-corrected chi connectivity index (χ2v) is 3.81. The van der Waals surface area contributed by atoms with Gasteiger partial charge in [0.05, 0.1) is 5.54 Å². The molecule has 1 N–H and O–H groups in total. The molecule has 1 spiro atoms. The molecule has 2 nitrogen and oxygen atoms in total. The van der Waals surface area contributed by atoms with Crippen LogP contribution in [0.3, 0.4) is 0 Å². The fourth-order valence-corrected chi connectivity index (χ4v) is 2.23. The fraction of sp³-hybridized carbons (Fsp3) is 1.00. The van der Waals surface area contributed by atoms with Crippen LogP contribution in [0.4, 0.5) is 4.39 Å². The van der Waals surface area contributed by atoms with E-state index in [0.29, 0.717) is 13.2 Å². The van der Waals surface area contributed by atoms with Gasteiger partial charge < -0.3 is 10.1 Å². The summed E-state index contributed by atoms with van der Waals surface area (Å²) >= 11 is 0. The van der Waals surface area contributed by atoms with E-state index in [-0.39, 0.29) is 5.54 Å². The third-order valence-corrected chi connectivity index (χ3v) is 3.10. The number of hydrogen-bond acceptors (Lipinski definition) is 2. The van der Waals surface area contributed by atoms with Gasteiger partial charge in [0, 0.05) is 13.2 Å². The maximum Gasteiger partial charge on any atom is 0.118 e. The molecule has 0 aromatic heterocycles. The smallest absolute Gasteiger partial charge is 0.118 e. The summed E-state index contributed by atoms with van der Waals surface area (Å²) in [7, 11) is 0. The van der Waals surface area contributed by atoms with Gasteiger partial charge in [0.25, 0.3) is 0 Å².